The van der Waals surface area contributed by atoms with E-state index in [1.54, 1.807) is 30.6 Å². The number of rotatable bonds is 6. The molecule has 0 radical (unpaired) electrons. The topological polar surface area (TPSA) is 103 Å². The molecule has 0 unspecified atom stereocenters. The van der Waals surface area contributed by atoms with E-state index in [1.165, 1.54) is 17.7 Å². The molecule has 7 nitrogen and oxygen atoms in total. The number of hydrogen-bond acceptors (Lipinski definition) is 5. The van der Waals surface area contributed by atoms with Crippen LogP contribution in [-0.4, -0.2) is 25.1 Å². The van der Waals surface area contributed by atoms with Crippen LogP contribution in [0.4, 0.5) is 0 Å². The molecule has 0 atom stereocenters. The molecule has 0 spiro atoms. The van der Waals surface area contributed by atoms with Crippen LogP contribution in [0.3, 0.4) is 0 Å². The molecule has 31 heavy (non-hydrogen) atoms. The molecule has 3 rings (SSSR count). The van der Waals surface area contributed by atoms with Crippen molar-refractivity contribution in [2.24, 2.45) is 12.1 Å². The van der Waals surface area contributed by atoms with Gasteiger partial charge >= 0.3 is 0 Å². The second kappa shape index (κ2) is 11.7. The van der Waals surface area contributed by atoms with Crippen LogP contribution in [0, 0.1) is 6.92 Å². The van der Waals surface area contributed by atoms with Gasteiger partial charge in [0.15, 0.2) is 12.4 Å². The molecule has 8 heteroatoms. The summed E-state index contributed by atoms with van der Waals surface area (Å²) in [5.41, 5.74) is 5.31. The summed E-state index contributed by atoms with van der Waals surface area (Å²) in [5, 5.41) is 3.96. The summed E-state index contributed by atoms with van der Waals surface area (Å²) in [6.07, 6.45) is 7.08. The first-order valence-corrected chi connectivity index (χ1v) is 11.0. The molecule has 0 saturated carbocycles. The van der Waals surface area contributed by atoms with E-state index >= 15 is 0 Å². The molecule has 2 aromatic carbocycles. The van der Waals surface area contributed by atoms with Crippen molar-refractivity contribution in [1.29, 1.82) is 0 Å². The van der Waals surface area contributed by atoms with Crippen molar-refractivity contribution >= 4 is 22.2 Å². The predicted molar refractivity (Wildman–Crippen MR) is 117 cm³/mol. The van der Waals surface area contributed by atoms with E-state index in [1.807, 2.05) is 49.0 Å². The highest BCUT2D eigenvalue weighted by Gasteiger charge is 2.07. The average molecular weight is 440 g/mol. The van der Waals surface area contributed by atoms with E-state index < -0.39 is 10.1 Å². The Morgan fingerprint density at radius 2 is 1.74 bits per heavy atom. The molecule has 0 aliphatic carbocycles. The number of benzene rings is 2. The van der Waals surface area contributed by atoms with Crippen molar-refractivity contribution in [3.8, 4) is 0 Å². The summed E-state index contributed by atoms with van der Waals surface area (Å²) in [6.45, 7) is 1.82. The number of nitrogens with zero attached hydrogens (tertiary/aromatic N) is 2. The van der Waals surface area contributed by atoms with E-state index in [9.17, 15) is 17.8 Å². The van der Waals surface area contributed by atoms with Gasteiger partial charge in [-0.25, -0.2) is 18.4 Å². The lowest BCUT2D eigenvalue weighted by Gasteiger charge is -2.05. The highest BCUT2D eigenvalue weighted by atomic mass is 32.2. The van der Waals surface area contributed by atoms with Gasteiger partial charge in [-0.3, -0.25) is 4.79 Å². The van der Waals surface area contributed by atoms with Crippen molar-refractivity contribution in [2.45, 2.75) is 24.7 Å². The normalized spacial score (nSPS) is 10.9. The van der Waals surface area contributed by atoms with Gasteiger partial charge in [0, 0.05) is 12.3 Å². The summed E-state index contributed by atoms with van der Waals surface area (Å²) in [4.78, 5) is 11.6. The molecule has 0 fully saturated rings. The number of amides is 1. The second-order valence-corrected chi connectivity index (χ2v) is 8.18. The Kier molecular flexibility index (Phi) is 9.05. The molecular formula is C23H25N3O4S. The first-order valence-electron chi connectivity index (χ1n) is 9.59. The highest BCUT2D eigenvalue weighted by Crippen LogP contribution is 2.08. The minimum atomic E-state index is -4.27. The van der Waals surface area contributed by atoms with Crippen molar-refractivity contribution < 1.29 is 22.3 Å². The van der Waals surface area contributed by atoms with E-state index in [0.717, 1.165) is 18.4 Å². The molecule has 0 aliphatic rings. The minimum Gasteiger partial charge on any atom is -0.744 e. The Hall–Kier alpha value is -3.36. The predicted octanol–water partition coefficient (Wildman–Crippen LogP) is 2.76. The lowest BCUT2D eigenvalue weighted by atomic mass is 10.1. The second-order valence-electron chi connectivity index (χ2n) is 6.80. The van der Waals surface area contributed by atoms with Crippen LogP contribution in [0.25, 0.3) is 0 Å². The summed E-state index contributed by atoms with van der Waals surface area (Å²) < 4.78 is 33.0. The molecule has 0 saturated heterocycles. The van der Waals surface area contributed by atoms with Gasteiger partial charge in [0.2, 0.25) is 0 Å². The van der Waals surface area contributed by atoms with Crippen molar-refractivity contribution in [1.82, 2.24) is 5.43 Å². The van der Waals surface area contributed by atoms with Gasteiger partial charge in [0.05, 0.1) is 4.90 Å². The van der Waals surface area contributed by atoms with Gasteiger partial charge < -0.3 is 4.55 Å². The third kappa shape index (κ3) is 8.90. The Bertz CT molecular complexity index is 1110. The summed E-state index contributed by atoms with van der Waals surface area (Å²) in [7, 11) is -2.39. The van der Waals surface area contributed by atoms with Gasteiger partial charge in [-0.1, -0.05) is 48.0 Å². The molecule has 0 bridgehead atoms. The van der Waals surface area contributed by atoms with Crippen LogP contribution in [0.5, 0.6) is 0 Å². The van der Waals surface area contributed by atoms with E-state index in [-0.39, 0.29) is 10.8 Å². The SMILES string of the molecule is C[n+]1cccc(C(=O)N/N=C/CCc2ccccc2)c1.Cc1ccc(S(=O)(=O)[O-])cc1. The van der Waals surface area contributed by atoms with Crippen molar-refractivity contribution in [2.75, 3.05) is 0 Å². The van der Waals surface area contributed by atoms with E-state index in [0.29, 0.717) is 5.56 Å². The largest absolute Gasteiger partial charge is 0.744 e. The van der Waals surface area contributed by atoms with Gasteiger partial charge in [0.25, 0.3) is 5.91 Å². The standard InChI is InChI=1S/C16H17N3O.C7H8O3S/c1-19-12-6-10-15(13-19)16(20)18-17-11-5-9-14-7-3-2-4-8-14;1-6-2-4-7(5-3-6)11(8,9)10/h2-4,6-8,10-13H,5,9H2,1H3;2-5H,1H3,(H,8,9,10)/b17-11+;. The van der Waals surface area contributed by atoms with Gasteiger partial charge in [-0.2, -0.15) is 5.10 Å². The molecular weight excluding hydrogens is 414 g/mol. The molecule has 1 N–H and O–H groups in total. The maximum atomic E-state index is 11.8. The highest BCUT2D eigenvalue weighted by molar-refractivity contribution is 7.85. The fraction of sp³-hybridized carbons (Fsp3) is 0.174. The number of carbonyl (C=O) groups excluding carboxylic acids is 1. The Labute approximate surface area is 182 Å². The zero-order valence-electron chi connectivity index (χ0n) is 17.4. The van der Waals surface area contributed by atoms with Crippen molar-refractivity contribution in [3.63, 3.8) is 0 Å². The molecule has 1 amide bonds. The summed E-state index contributed by atoms with van der Waals surface area (Å²) in [6, 6.07) is 19.6. The Morgan fingerprint density at radius 1 is 1.06 bits per heavy atom. The molecule has 0 aliphatic heterocycles. The monoisotopic (exact) mass is 439 g/mol. The maximum absolute atomic E-state index is 11.8. The van der Waals surface area contributed by atoms with Crippen LogP contribution in [0.2, 0.25) is 0 Å². The van der Waals surface area contributed by atoms with Crippen LogP contribution >= 0.6 is 0 Å². The number of hydrazone groups is 1. The number of pyridine rings is 1. The van der Waals surface area contributed by atoms with Crippen LogP contribution in [0.1, 0.15) is 27.9 Å². The Morgan fingerprint density at radius 3 is 2.35 bits per heavy atom. The lowest BCUT2D eigenvalue weighted by Crippen LogP contribution is -2.29. The summed E-state index contributed by atoms with van der Waals surface area (Å²) >= 11 is 0. The lowest BCUT2D eigenvalue weighted by molar-refractivity contribution is -0.671. The first kappa shape index (κ1) is 23.9. The fourth-order valence-corrected chi connectivity index (χ4v) is 3.01. The molecule has 1 aromatic heterocycles. The first-order chi connectivity index (χ1) is 14.8. The Balaban J connectivity index is 0.000000262. The molecule has 162 valence electrons. The number of aryl methyl sites for hydroxylation is 3. The van der Waals surface area contributed by atoms with Crippen LogP contribution < -0.4 is 9.99 Å². The molecule has 1 heterocycles. The maximum Gasteiger partial charge on any atom is 0.277 e. The zero-order valence-corrected chi connectivity index (χ0v) is 18.2. The smallest absolute Gasteiger partial charge is 0.277 e. The van der Waals surface area contributed by atoms with E-state index in [2.05, 4.69) is 22.7 Å². The molecule has 3 aromatic rings. The quantitative estimate of drug-likeness (QED) is 0.276. The van der Waals surface area contributed by atoms with Gasteiger partial charge in [-0.15, -0.1) is 0 Å². The van der Waals surface area contributed by atoms with Crippen molar-refractivity contribution in [3.05, 3.63) is 95.8 Å². The minimum absolute atomic E-state index is 0.178. The number of nitrogens with one attached hydrogen (secondary N) is 1. The third-order valence-electron chi connectivity index (χ3n) is 4.17. The van der Waals surface area contributed by atoms with Crippen LogP contribution in [-0.2, 0) is 23.6 Å². The number of hydrogen-bond donors (Lipinski definition) is 1. The third-order valence-corrected chi connectivity index (χ3v) is 5.02. The van der Waals surface area contributed by atoms with Gasteiger partial charge in [0.1, 0.15) is 22.7 Å². The zero-order chi connectivity index (χ0) is 22.7. The van der Waals surface area contributed by atoms with Crippen LogP contribution in [0.15, 0.2) is 89.1 Å². The number of carbonyl (C=O) groups is 1. The summed E-state index contributed by atoms with van der Waals surface area (Å²) in [5.74, 6) is -0.197. The average Bonchev–Trinajstić information content (AvgIpc) is 2.74. The fourth-order valence-electron chi connectivity index (χ4n) is 2.54. The number of aromatic nitrogens is 1. The van der Waals surface area contributed by atoms with E-state index in [4.69, 9.17) is 0 Å². The van der Waals surface area contributed by atoms with Gasteiger partial charge in [-0.05, 0) is 43.5 Å².